The zero-order chi connectivity index (χ0) is 13.9. The van der Waals surface area contributed by atoms with Crippen LogP contribution in [0.3, 0.4) is 0 Å². The summed E-state index contributed by atoms with van der Waals surface area (Å²) in [5.74, 6) is 3.25. The average molecular weight is 277 g/mol. The Hall–Kier alpha value is -1.42. The van der Waals surface area contributed by atoms with Gasteiger partial charge in [0.2, 0.25) is 6.79 Å². The molecular formula is C16H23NO3. The van der Waals surface area contributed by atoms with E-state index in [-0.39, 0.29) is 0 Å². The molecule has 4 heteroatoms. The van der Waals surface area contributed by atoms with Crippen LogP contribution in [-0.4, -0.2) is 19.4 Å². The van der Waals surface area contributed by atoms with Crippen LogP contribution in [0.25, 0.3) is 0 Å². The molecule has 4 nitrogen and oxygen atoms in total. The second kappa shape index (κ2) is 5.92. The van der Waals surface area contributed by atoms with Crippen molar-refractivity contribution in [1.82, 2.24) is 0 Å². The maximum atomic E-state index is 6.24. The number of ether oxygens (including phenoxy) is 3. The minimum atomic E-state index is 0.293. The number of nitrogens with two attached hydrogens (primary N) is 1. The van der Waals surface area contributed by atoms with Gasteiger partial charge in [-0.1, -0.05) is 13.3 Å². The first-order valence-electron chi connectivity index (χ1n) is 7.55. The van der Waals surface area contributed by atoms with E-state index in [1.54, 1.807) is 0 Å². The third-order valence-electron chi connectivity index (χ3n) is 4.15. The zero-order valence-corrected chi connectivity index (χ0v) is 12.1. The maximum absolute atomic E-state index is 6.24. The normalized spacial score (nSPS) is 24.7. The van der Waals surface area contributed by atoms with E-state index >= 15 is 0 Å². The minimum Gasteiger partial charge on any atom is -0.490 e. The van der Waals surface area contributed by atoms with Gasteiger partial charge in [0.05, 0.1) is 6.10 Å². The maximum Gasteiger partial charge on any atom is 0.231 e. The molecule has 2 N–H and O–H groups in total. The van der Waals surface area contributed by atoms with Crippen molar-refractivity contribution in [3.05, 3.63) is 17.7 Å². The van der Waals surface area contributed by atoms with Crippen molar-refractivity contribution in [2.75, 3.05) is 13.3 Å². The molecule has 0 amide bonds. The quantitative estimate of drug-likeness (QED) is 0.919. The van der Waals surface area contributed by atoms with E-state index < -0.39 is 0 Å². The van der Waals surface area contributed by atoms with Crippen LogP contribution in [0, 0.1) is 5.92 Å². The Balaban J connectivity index is 1.80. The van der Waals surface area contributed by atoms with Crippen molar-refractivity contribution in [1.29, 1.82) is 0 Å². The number of fused-ring (bicyclic) bond motifs is 1. The minimum absolute atomic E-state index is 0.293. The predicted molar refractivity (Wildman–Crippen MR) is 77.4 cm³/mol. The lowest BCUT2D eigenvalue weighted by Crippen LogP contribution is -2.24. The van der Waals surface area contributed by atoms with Gasteiger partial charge < -0.3 is 19.9 Å². The van der Waals surface area contributed by atoms with Gasteiger partial charge in [-0.3, -0.25) is 0 Å². The molecule has 1 aliphatic heterocycles. The van der Waals surface area contributed by atoms with Gasteiger partial charge in [0, 0.05) is 6.07 Å². The molecule has 1 aromatic carbocycles. The largest absolute Gasteiger partial charge is 0.490 e. The summed E-state index contributed by atoms with van der Waals surface area (Å²) in [6.45, 7) is 3.20. The predicted octanol–water partition coefficient (Wildman–Crippen LogP) is 2.87. The lowest BCUT2D eigenvalue weighted by Gasteiger charge is -2.28. The van der Waals surface area contributed by atoms with E-state index in [0.29, 0.717) is 19.4 Å². The third kappa shape index (κ3) is 2.85. The van der Waals surface area contributed by atoms with Crippen molar-refractivity contribution in [3.8, 4) is 17.2 Å². The van der Waals surface area contributed by atoms with Crippen LogP contribution in [0.15, 0.2) is 12.1 Å². The van der Waals surface area contributed by atoms with Gasteiger partial charge in [-0.15, -0.1) is 0 Å². The molecule has 0 saturated heterocycles. The van der Waals surface area contributed by atoms with E-state index in [2.05, 4.69) is 6.92 Å². The van der Waals surface area contributed by atoms with Crippen LogP contribution >= 0.6 is 0 Å². The molecule has 0 radical (unpaired) electrons. The van der Waals surface area contributed by atoms with E-state index in [1.165, 1.54) is 12.8 Å². The molecule has 3 rings (SSSR count). The summed E-state index contributed by atoms with van der Waals surface area (Å²) in [5, 5.41) is 0. The fourth-order valence-corrected chi connectivity index (χ4v) is 3.09. The van der Waals surface area contributed by atoms with Gasteiger partial charge >= 0.3 is 0 Å². The van der Waals surface area contributed by atoms with Gasteiger partial charge in [0.15, 0.2) is 11.5 Å². The molecule has 0 bridgehead atoms. The summed E-state index contributed by atoms with van der Waals surface area (Å²) in [4.78, 5) is 0. The number of benzene rings is 1. The molecule has 2 unspecified atom stereocenters. The van der Waals surface area contributed by atoms with Crippen LogP contribution < -0.4 is 19.9 Å². The number of hydrogen-bond acceptors (Lipinski definition) is 4. The Morgan fingerprint density at radius 1 is 1.25 bits per heavy atom. The number of hydrogen-bond donors (Lipinski definition) is 1. The van der Waals surface area contributed by atoms with Crippen molar-refractivity contribution >= 4 is 0 Å². The standard InChI is InChI=1S/C16H23NO3/c1-11-3-2-4-13(7-11)20-14-9-16-15(18-10-19-16)8-12(14)5-6-17/h8-9,11,13H,2-7,10,17H2,1H3. The molecular weight excluding hydrogens is 254 g/mol. The van der Waals surface area contributed by atoms with Crippen molar-refractivity contribution < 1.29 is 14.2 Å². The second-order valence-electron chi connectivity index (χ2n) is 5.86. The molecule has 0 aromatic heterocycles. The molecule has 1 saturated carbocycles. The van der Waals surface area contributed by atoms with E-state index in [4.69, 9.17) is 19.9 Å². The van der Waals surface area contributed by atoms with Gasteiger partial charge in [-0.25, -0.2) is 0 Å². The second-order valence-corrected chi connectivity index (χ2v) is 5.86. The van der Waals surface area contributed by atoms with Crippen LogP contribution in [0.1, 0.15) is 38.2 Å². The summed E-state index contributed by atoms with van der Waals surface area (Å²) in [6.07, 6.45) is 5.96. The first-order valence-corrected chi connectivity index (χ1v) is 7.55. The van der Waals surface area contributed by atoms with Crippen molar-refractivity contribution in [2.45, 2.75) is 45.1 Å². The van der Waals surface area contributed by atoms with E-state index in [1.807, 2.05) is 12.1 Å². The van der Waals surface area contributed by atoms with Crippen LogP contribution in [0.4, 0.5) is 0 Å². The zero-order valence-electron chi connectivity index (χ0n) is 12.1. The Morgan fingerprint density at radius 3 is 2.80 bits per heavy atom. The Kier molecular flexibility index (Phi) is 4.01. The first kappa shape index (κ1) is 13.6. The highest BCUT2D eigenvalue weighted by Gasteiger charge is 2.23. The summed E-state index contributed by atoms with van der Waals surface area (Å²) >= 11 is 0. The monoisotopic (exact) mass is 277 g/mol. The van der Waals surface area contributed by atoms with Gasteiger partial charge in [-0.2, -0.15) is 0 Å². The van der Waals surface area contributed by atoms with Crippen LogP contribution in [0.5, 0.6) is 17.2 Å². The molecule has 0 spiro atoms. The van der Waals surface area contributed by atoms with Crippen LogP contribution in [0.2, 0.25) is 0 Å². The first-order chi connectivity index (χ1) is 9.76. The molecule has 20 heavy (non-hydrogen) atoms. The van der Waals surface area contributed by atoms with Gasteiger partial charge in [-0.05, 0) is 49.8 Å². The van der Waals surface area contributed by atoms with Crippen LogP contribution in [-0.2, 0) is 6.42 Å². The molecule has 1 heterocycles. The van der Waals surface area contributed by atoms with Crippen molar-refractivity contribution in [3.63, 3.8) is 0 Å². The topological polar surface area (TPSA) is 53.7 Å². The Bertz CT molecular complexity index is 475. The highest BCUT2D eigenvalue weighted by Crippen LogP contribution is 2.39. The Labute approximate surface area is 120 Å². The SMILES string of the molecule is CC1CCCC(Oc2cc3c(cc2CCN)OCO3)C1. The number of rotatable bonds is 4. The lowest BCUT2D eigenvalue weighted by atomic mass is 9.88. The molecule has 1 aliphatic carbocycles. The fourth-order valence-electron chi connectivity index (χ4n) is 3.09. The summed E-state index contributed by atoms with van der Waals surface area (Å²) in [7, 11) is 0. The smallest absolute Gasteiger partial charge is 0.231 e. The highest BCUT2D eigenvalue weighted by molar-refractivity contribution is 5.52. The molecule has 1 aromatic rings. The molecule has 110 valence electrons. The lowest BCUT2D eigenvalue weighted by molar-refractivity contribution is 0.127. The molecule has 2 aliphatic rings. The summed E-state index contributed by atoms with van der Waals surface area (Å²) in [6, 6.07) is 3.98. The van der Waals surface area contributed by atoms with Gasteiger partial charge in [0.1, 0.15) is 5.75 Å². The summed E-state index contributed by atoms with van der Waals surface area (Å²) < 4.78 is 17.1. The van der Waals surface area contributed by atoms with Crippen molar-refractivity contribution in [2.24, 2.45) is 11.7 Å². The Morgan fingerprint density at radius 2 is 2.05 bits per heavy atom. The van der Waals surface area contributed by atoms with E-state index in [9.17, 15) is 0 Å². The average Bonchev–Trinajstić information content (AvgIpc) is 2.86. The fraction of sp³-hybridized carbons (Fsp3) is 0.625. The van der Waals surface area contributed by atoms with Gasteiger partial charge in [0.25, 0.3) is 0 Å². The molecule has 1 fully saturated rings. The molecule has 2 atom stereocenters. The van der Waals surface area contributed by atoms with E-state index in [0.717, 1.165) is 48.0 Å². The summed E-state index contributed by atoms with van der Waals surface area (Å²) in [5.41, 5.74) is 6.82. The third-order valence-corrected chi connectivity index (χ3v) is 4.15. The highest BCUT2D eigenvalue weighted by atomic mass is 16.7.